The molecule has 25 heavy (non-hydrogen) atoms. The van der Waals surface area contributed by atoms with Gasteiger partial charge in [0.05, 0.1) is 8.07 Å². The molecule has 0 N–H and O–H groups in total. The molecule has 2 heteroatoms. The van der Waals surface area contributed by atoms with E-state index in [4.69, 9.17) is 0 Å². The minimum absolute atomic E-state index is 0.430. The summed E-state index contributed by atoms with van der Waals surface area (Å²) in [6, 6.07) is 31.2. The molecule has 0 unspecified atom stereocenters. The Morgan fingerprint density at radius 2 is 1.08 bits per heavy atom. The Labute approximate surface area is 154 Å². The molecule has 0 aliphatic rings. The second-order valence-corrected chi connectivity index (χ2v) is 15.1. The van der Waals surface area contributed by atoms with E-state index < -0.39 is 16.0 Å². The predicted molar refractivity (Wildman–Crippen MR) is 117 cm³/mol. The van der Waals surface area contributed by atoms with E-state index in [-0.39, 0.29) is 0 Å². The molecule has 0 aliphatic heterocycles. The van der Waals surface area contributed by atoms with E-state index in [2.05, 4.69) is 111 Å². The minimum atomic E-state index is -1.38. The third kappa shape index (κ3) is 4.11. The molecular weight excluding hydrogens is 335 g/mol. The first-order chi connectivity index (χ1) is 12.0. The van der Waals surface area contributed by atoms with E-state index in [1.807, 2.05) is 0 Å². The van der Waals surface area contributed by atoms with Crippen LogP contribution in [0.1, 0.15) is 18.1 Å². The van der Waals surface area contributed by atoms with Crippen LogP contribution in [0.2, 0.25) is 19.6 Å². The highest BCUT2D eigenvalue weighted by Gasteiger charge is 2.28. The molecule has 0 bridgehead atoms. The summed E-state index contributed by atoms with van der Waals surface area (Å²) in [5, 5.41) is 4.52. The third-order valence-electron chi connectivity index (χ3n) is 4.67. The summed E-state index contributed by atoms with van der Waals surface area (Å²) in [5.74, 6) is 0. The molecule has 0 fully saturated rings. The molecule has 0 saturated heterocycles. The van der Waals surface area contributed by atoms with Crippen LogP contribution in [0.15, 0.2) is 84.9 Å². The second-order valence-electron chi connectivity index (χ2n) is 7.55. The summed E-state index contributed by atoms with van der Waals surface area (Å²) >= 11 is 0. The van der Waals surface area contributed by atoms with E-state index >= 15 is 0 Å². The van der Waals surface area contributed by atoms with Gasteiger partial charge in [-0.15, -0.1) is 0 Å². The Hall–Kier alpha value is -1.69. The standard InChI is InChI=1S/C23H27PSi/c1-19(22-17-11-12-18-23(22)25(2,3)4)24(20-13-7-5-8-14-20)21-15-9-6-10-16-21/h5-19H,1-4H3/t19-/m1/s1. The topological polar surface area (TPSA) is 0 Å². The Bertz CT molecular complexity index is 767. The van der Waals surface area contributed by atoms with Gasteiger partial charge >= 0.3 is 0 Å². The van der Waals surface area contributed by atoms with Crippen molar-refractivity contribution in [2.24, 2.45) is 0 Å². The van der Waals surface area contributed by atoms with E-state index in [0.29, 0.717) is 5.66 Å². The normalized spacial score (nSPS) is 13.0. The average Bonchev–Trinajstić information content (AvgIpc) is 2.63. The van der Waals surface area contributed by atoms with Crippen LogP contribution in [-0.4, -0.2) is 8.07 Å². The summed E-state index contributed by atoms with van der Waals surface area (Å²) in [5.41, 5.74) is 2.04. The van der Waals surface area contributed by atoms with Crippen molar-refractivity contribution in [3.63, 3.8) is 0 Å². The molecule has 0 heterocycles. The molecular formula is C23H27PSi. The SMILES string of the molecule is C[C@H](c1ccccc1[Si](C)(C)C)P(c1ccccc1)c1ccccc1. The monoisotopic (exact) mass is 362 g/mol. The van der Waals surface area contributed by atoms with Gasteiger partial charge in [-0.05, 0) is 24.1 Å². The number of hydrogen-bond acceptors (Lipinski definition) is 0. The zero-order valence-corrected chi connectivity index (χ0v) is 17.5. The van der Waals surface area contributed by atoms with Crippen LogP contribution in [0.25, 0.3) is 0 Å². The first kappa shape index (κ1) is 18.1. The number of hydrogen-bond donors (Lipinski definition) is 0. The van der Waals surface area contributed by atoms with Crippen LogP contribution in [0.4, 0.5) is 0 Å². The highest BCUT2D eigenvalue weighted by atomic mass is 31.1. The van der Waals surface area contributed by atoms with Gasteiger partial charge in [-0.2, -0.15) is 0 Å². The highest BCUT2D eigenvalue weighted by molar-refractivity contribution is 7.73. The molecule has 0 saturated carbocycles. The maximum atomic E-state index is 2.45. The summed E-state index contributed by atoms with van der Waals surface area (Å²) in [6.45, 7) is 9.77. The molecule has 0 aliphatic carbocycles. The lowest BCUT2D eigenvalue weighted by Gasteiger charge is -2.30. The van der Waals surface area contributed by atoms with Gasteiger partial charge in [0.2, 0.25) is 0 Å². The summed E-state index contributed by atoms with van der Waals surface area (Å²) in [6.07, 6.45) is 0. The van der Waals surface area contributed by atoms with Crippen molar-refractivity contribution >= 4 is 31.8 Å². The fourth-order valence-electron chi connectivity index (χ4n) is 3.46. The molecule has 3 aromatic carbocycles. The van der Waals surface area contributed by atoms with Gasteiger partial charge in [0.1, 0.15) is 0 Å². The molecule has 128 valence electrons. The first-order valence-electron chi connectivity index (χ1n) is 8.97. The van der Waals surface area contributed by atoms with Crippen molar-refractivity contribution in [1.82, 2.24) is 0 Å². The van der Waals surface area contributed by atoms with Gasteiger partial charge in [-0.25, -0.2) is 0 Å². The minimum Gasteiger partial charge on any atom is -0.0656 e. The quantitative estimate of drug-likeness (QED) is 0.420. The lowest BCUT2D eigenvalue weighted by molar-refractivity contribution is 1.10. The molecule has 3 aromatic rings. The molecule has 0 nitrogen and oxygen atoms in total. The van der Waals surface area contributed by atoms with Crippen molar-refractivity contribution < 1.29 is 0 Å². The Morgan fingerprint density at radius 1 is 0.640 bits per heavy atom. The third-order valence-corrected chi connectivity index (χ3v) is 9.51. The molecule has 0 aromatic heterocycles. The van der Waals surface area contributed by atoms with Crippen LogP contribution < -0.4 is 15.8 Å². The molecule has 0 spiro atoms. The Kier molecular flexibility index (Phi) is 5.56. The largest absolute Gasteiger partial charge is 0.0779 e. The molecule has 0 amide bonds. The van der Waals surface area contributed by atoms with E-state index in [0.717, 1.165) is 0 Å². The van der Waals surface area contributed by atoms with E-state index in [1.165, 1.54) is 10.6 Å². The van der Waals surface area contributed by atoms with Crippen LogP contribution >= 0.6 is 7.92 Å². The van der Waals surface area contributed by atoms with Gasteiger partial charge in [0.25, 0.3) is 0 Å². The fourth-order valence-corrected chi connectivity index (χ4v) is 8.02. The smallest absolute Gasteiger partial charge is 0.0656 e. The van der Waals surface area contributed by atoms with Gasteiger partial charge in [-0.1, -0.05) is 117 Å². The van der Waals surface area contributed by atoms with Crippen molar-refractivity contribution in [3.8, 4) is 0 Å². The molecule has 0 radical (unpaired) electrons. The van der Waals surface area contributed by atoms with Crippen LogP contribution in [0.3, 0.4) is 0 Å². The Morgan fingerprint density at radius 3 is 1.56 bits per heavy atom. The zero-order chi connectivity index (χ0) is 17.9. The van der Waals surface area contributed by atoms with Gasteiger partial charge in [0.15, 0.2) is 0 Å². The highest BCUT2D eigenvalue weighted by Crippen LogP contribution is 2.48. The van der Waals surface area contributed by atoms with Crippen molar-refractivity contribution in [2.75, 3.05) is 0 Å². The van der Waals surface area contributed by atoms with Crippen molar-refractivity contribution in [2.45, 2.75) is 32.2 Å². The number of rotatable bonds is 5. The van der Waals surface area contributed by atoms with Gasteiger partial charge in [0, 0.05) is 5.66 Å². The van der Waals surface area contributed by atoms with E-state index in [9.17, 15) is 0 Å². The zero-order valence-electron chi connectivity index (χ0n) is 15.6. The summed E-state index contributed by atoms with van der Waals surface area (Å²) < 4.78 is 0. The fraction of sp³-hybridized carbons (Fsp3) is 0.217. The molecule has 3 rings (SSSR count). The summed E-state index contributed by atoms with van der Waals surface area (Å²) in [7, 11) is -1.81. The van der Waals surface area contributed by atoms with Crippen molar-refractivity contribution in [1.29, 1.82) is 0 Å². The maximum absolute atomic E-state index is 2.45. The maximum Gasteiger partial charge on any atom is 0.0779 e. The van der Waals surface area contributed by atoms with Crippen LogP contribution in [0, 0.1) is 0 Å². The predicted octanol–water partition coefficient (Wildman–Crippen LogP) is 5.43. The molecule has 1 atom stereocenters. The number of benzene rings is 3. The van der Waals surface area contributed by atoms with E-state index in [1.54, 1.807) is 10.8 Å². The van der Waals surface area contributed by atoms with Gasteiger partial charge < -0.3 is 0 Å². The lowest BCUT2D eigenvalue weighted by Crippen LogP contribution is -2.40. The first-order valence-corrected chi connectivity index (χ1v) is 13.9. The average molecular weight is 363 g/mol. The van der Waals surface area contributed by atoms with Crippen LogP contribution in [-0.2, 0) is 0 Å². The lowest BCUT2D eigenvalue weighted by atomic mass is 10.2. The van der Waals surface area contributed by atoms with Crippen molar-refractivity contribution in [3.05, 3.63) is 90.5 Å². The second kappa shape index (κ2) is 7.68. The van der Waals surface area contributed by atoms with Gasteiger partial charge in [-0.3, -0.25) is 0 Å². The Balaban J connectivity index is 2.12. The van der Waals surface area contributed by atoms with Crippen LogP contribution in [0.5, 0.6) is 0 Å². The summed E-state index contributed by atoms with van der Waals surface area (Å²) in [4.78, 5) is 0.